The van der Waals surface area contributed by atoms with Gasteiger partial charge in [-0.25, -0.2) is 0 Å². The van der Waals surface area contributed by atoms with Crippen LogP contribution in [0.15, 0.2) is 18.2 Å². The molecule has 0 spiro atoms. The molecule has 1 rings (SSSR count). The Bertz CT molecular complexity index is 350. The number of nitrogens with one attached hydrogen (secondary N) is 1. The number of benzene rings is 1. The van der Waals surface area contributed by atoms with Gasteiger partial charge in [0.15, 0.2) is 0 Å². The second-order valence-electron chi connectivity index (χ2n) is 4.85. The van der Waals surface area contributed by atoms with Crippen molar-refractivity contribution >= 4 is 0 Å². The molecular formula is C14H24N2O. The summed E-state index contributed by atoms with van der Waals surface area (Å²) in [5, 5.41) is 3.51. The van der Waals surface area contributed by atoms with Crippen LogP contribution in [0.25, 0.3) is 0 Å². The van der Waals surface area contributed by atoms with E-state index in [-0.39, 0.29) is 0 Å². The average molecular weight is 236 g/mol. The van der Waals surface area contributed by atoms with Crippen LogP contribution in [0.1, 0.15) is 18.1 Å². The summed E-state index contributed by atoms with van der Waals surface area (Å²) in [7, 11) is 5.89. The predicted octanol–water partition coefficient (Wildman–Crippen LogP) is 2.04. The number of aryl methyl sites for hydroxylation is 1. The smallest absolute Gasteiger partial charge is 0.121 e. The summed E-state index contributed by atoms with van der Waals surface area (Å²) in [5.41, 5.74) is 2.49. The van der Waals surface area contributed by atoms with Crippen LogP contribution in [-0.4, -0.2) is 38.7 Å². The van der Waals surface area contributed by atoms with Gasteiger partial charge in [-0.1, -0.05) is 12.1 Å². The molecule has 3 nitrogen and oxygen atoms in total. The van der Waals surface area contributed by atoms with Crippen molar-refractivity contribution in [2.24, 2.45) is 0 Å². The SMILES string of the molecule is COc1ccc(CNC(C)CN(C)C)cc1C. The van der Waals surface area contributed by atoms with Gasteiger partial charge < -0.3 is 15.0 Å². The molecule has 1 aromatic rings. The molecule has 0 aliphatic heterocycles. The number of ether oxygens (including phenoxy) is 1. The first kappa shape index (κ1) is 14.0. The largest absolute Gasteiger partial charge is 0.496 e. The molecule has 0 bridgehead atoms. The average Bonchev–Trinajstić information content (AvgIpc) is 2.25. The highest BCUT2D eigenvalue weighted by atomic mass is 16.5. The summed E-state index contributed by atoms with van der Waals surface area (Å²) < 4.78 is 5.25. The van der Waals surface area contributed by atoms with Crippen LogP contribution in [0.3, 0.4) is 0 Å². The molecule has 1 unspecified atom stereocenters. The molecule has 0 aliphatic carbocycles. The second kappa shape index (κ2) is 6.62. The number of hydrogen-bond acceptors (Lipinski definition) is 3. The van der Waals surface area contributed by atoms with Crippen molar-refractivity contribution in [2.45, 2.75) is 26.4 Å². The Morgan fingerprint density at radius 2 is 2.06 bits per heavy atom. The fraction of sp³-hybridized carbons (Fsp3) is 0.571. The van der Waals surface area contributed by atoms with E-state index in [1.165, 1.54) is 11.1 Å². The Kier molecular flexibility index (Phi) is 5.45. The van der Waals surface area contributed by atoms with Gasteiger partial charge in [-0.15, -0.1) is 0 Å². The first-order chi connectivity index (χ1) is 8.02. The molecule has 0 heterocycles. The lowest BCUT2D eigenvalue weighted by molar-refractivity contribution is 0.349. The topological polar surface area (TPSA) is 24.5 Å². The van der Waals surface area contributed by atoms with Gasteiger partial charge in [0.25, 0.3) is 0 Å². The van der Waals surface area contributed by atoms with Crippen molar-refractivity contribution in [1.82, 2.24) is 10.2 Å². The Balaban J connectivity index is 2.49. The van der Waals surface area contributed by atoms with E-state index in [1.807, 2.05) is 6.07 Å². The monoisotopic (exact) mass is 236 g/mol. The summed E-state index contributed by atoms with van der Waals surface area (Å²) in [6, 6.07) is 6.81. The van der Waals surface area contributed by atoms with E-state index in [4.69, 9.17) is 4.74 Å². The van der Waals surface area contributed by atoms with Crippen molar-refractivity contribution < 1.29 is 4.74 Å². The Morgan fingerprint density at radius 1 is 1.35 bits per heavy atom. The van der Waals surface area contributed by atoms with Gasteiger partial charge in [0, 0.05) is 19.1 Å². The number of methoxy groups -OCH3 is 1. The molecule has 0 radical (unpaired) electrons. The molecule has 17 heavy (non-hydrogen) atoms. The molecular weight excluding hydrogens is 212 g/mol. The fourth-order valence-electron chi connectivity index (χ4n) is 1.95. The van der Waals surface area contributed by atoms with Gasteiger partial charge in [0.05, 0.1) is 7.11 Å². The first-order valence-electron chi connectivity index (χ1n) is 6.04. The molecule has 3 heteroatoms. The highest BCUT2D eigenvalue weighted by Crippen LogP contribution is 2.18. The van der Waals surface area contributed by atoms with E-state index in [0.717, 1.165) is 18.8 Å². The third kappa shape index (κ3) is 4.75. The van der Waals surface area contributed by atoms with Crippen LogP contribution in [0, 0.1) is 6.92 Å². The van der Waals surface area contributed by atoms with E-state index in [1.54, 1.807) is 7.11 Å². The number of hydrogen-bond donors (Lipinski definition) is 1. The van der Waals surface area contributed by atoms with Crippen LogP contribution in [0.2, 0.25) is 0 Å². The molecule has 0 fully saturated rings. The maximum atomic E-state index is 5.25. The lowest BCUT2D eigenvalue weighted by atomic mass is 10.1. The minimum Gasteiger partial charge on any atom is -0.496 e. The van der Waals surface area contributed by atoms with E-state index < -0.39 is 0 Å². The van der Waals surface area contributed by atoms with E-state index in [9.17, 15) is 0 Å². The number of likely N-dealkylation sites (N-methyl/N-ethyl adjacent to an activating group) is 1. The highest BCUT2D eigenvalue weighted by molar-refractivity contribution is 5.36. The molecule has 0 saturated heterocycles. The van der Waals surface area contributed by atoms with Gasteiger partial charge in [0.2, 0.25) is 0 Å². The first-order valence-corrected chi connectivity index (χ1v) is 6.04. The second-order valence-corrected chi connectivity index (χ2v) is 4.85. The summed E-state index contributed by atoms with van der Waals surface area (Å²) in [6.45, 7) is 6.23. The zero-order valence-electron chi connectivity index (χ0n) is 11.6. The van der Waals surface area contributed by atoms with Crippen molar-refractivity contribution in [3.63, 3.8) is 0 Å². The Labute approximate surface area is 105 Å². The molecule has 1 atom stereocenters. The molecule has 0 aromatic heterocycles. The van der Waals surface area contributed by atoms with Gasteiger partial charge in [-0.2, -0.15) is 0 Å². The fourth-order valence-corrected chi connectivity index (χ4v) is 1.95. The third-order valence-electron chi connectivity index (χ3n) is 2.75. The van der Waals surface area contributed by atoms with Crippen molar-refractivity contribution in [3.05, 3.63) is 29.3 Å². The molecule has 1 N–H and O–H groups in total. The quantitative estimate of drug-likeness (QED) is 0.818. The van der Waals surface area contributed by atoms with Gasteiger partial charge >= 0.3 is 0 Å². The summed E-state index contributed by atoms with van der Waals surface area (Å²) in [5.74, 6) is 0.954. The van der Waals surface area contributed by atoms with Crippen molar-refractivity contribution in [1.29, 1.82) is 0 Å². The Morgan fingerprint density at radius 3 is 2.59 bits per heavy atom. The van der Waals surface area contributed by atoms with Crippen molar-refractivity contribution in [2.75, 3.05) is 27.7 Å². The minimum absolute atomic E-state index is 0.493. The molecule has 1 aromatic carbocycles. The Hall–Kier alpha value is -1.06. The van der Waals surface area contributed by atoms with Gasteiger partial charge in [0.1, 0.15) is 5.75 Å². The van der Waals surface area contributed by atoms with Gasteiger partial charge in [-0.05, 0) is 45.1 Å². The summed E-state index contributed by atoms with van der Waals surface area (Å²) in [4.78, 5) is 2.19. The minimum atomic E-state index is 0.493. The van der Waals surface area contributed by atoms with E-state index in [0.29, 0.717) is 6.04 Å². The van der Waals surface area contributed by atoms with Crippen LogP contribution < -0.4 is 10.1 Å². The molecule has 0 saturated carbocycles. The van der Waals surface area contributed by atoms with Crippen LogP contribution in [0.4, 0.5) is 0 Å². The van der Waals surface area contributed by atoms with E-state index in [2.05, 4.69) is 50.3 Å². The van der Waals surface area contributed by atoms with Crippen LogP contribution in [-0.2, 0) is 6.54 Å². The predicted molar refractivity (Wildman–Crippen MR) is 72.6 cm³/mol. The van der Waals surface area contributed by atoms with E-state index >= 15 is 0 Å². The highest BCUT2D eigenvalue weighted by Gasteiger charge is 2.04. The summed E-state index contributed by atoms with van der Waals surface area (Å²) in [6.07, 6.45) is 0. The lowest BCUT2D eigenvalue weighted by Gasteiger charge is -2.18. The van der Waals surface area contributed by atoms with Gasteiger partial charge in [-0.3, -0.25) is 0 Å². The lowest BCUT2D eigenvalue weighted by Crippen LogP contribution is -2.35. The standard InChI is InChI=1S/C14H24N2O/c1-11-8-13(6-7-14(11)17-5)9-15-12(2)10-16(3)4/h6-8,12,15H,9-10H2,1-5H3. The molecule has 96 valence electrons. The molecule has 0 amide bonds. The molecule has 0 aliphatic rings. The number of rotatable bonds is 6. The van der Waals surface area contributed by atoms with Crippen LogP contribution >= 0.6 is 0 Å². The zero-order chi connectivity index (χ0) is 12.8. The summed E-state index contributed by atoms with van der Waals surface area (Å²) >= 11 is 0. The number of nitrogens with zero attached hydrogens (tertiary/aromatic N) is 1. The maximum absolute atomic E-state index is 5.25. The van der Waals surface area contributed by atoms with Crippen molar-refractivity contribution in [3.8, 4) is 5.75 Å². The zero-order valence-corrected chi connectivity index (χ0v) is 11.6. The normalized spacial score (nSPS) is 12.8. The maximum Gasteiger partial charge on any atom is 0.121 e. The third-order valence-corrected chi connectivity index (χ3v) is 2.75. The van der Waals surface area contributed by atoms with Crippen LogP contribution in [0.5, 0.6) is 5.75 Å².